The maximum Gasteiger partial charge on any atom is 0.138 e. The second-order valence-corrected chi connectivity index (χ2v) is 4.16. The van der Waals surface area contributed by atoms with E-state index in [2.05, 4.69) is 9.97 Å². The van der Waals surface area contributed by atoms with Gasteiger partial charge in [-0.15, -0.1) is 0 Å². The minimum Gasteiger partial charge on any atom is -0.383 e. The van der Waals surface area contributed by atoms with Gasteiger partial charge < -0.3 is 10.5 Å². The van der Waals surface area contributed by atoms with Crippen LogP contribution >= 0.6 is 0 Å². The number of ether oxygens (including phenoxy) is 1. The predicted molar refractivity (Wildman–Crippen MR) is 62.1 cm³/mol. The molecule has 5 heteroatoms. The summed E-state index contributed by atoms with van der Waals surface area (Å²) < 4.78 is 18.9. The minimum absolute atomic E-state index is 0.171. The van der Waals surface area contributed by atoms with Crippen molar-refractivity contribution in [1.82, 2.24) is 9.97 Å². The minimum atomic E-state index is -0.380. The van der Waals surface area contributed by atoms with Crippen molar-refractivity contribution in [2.24, 2.45) is 0 Å². The molecule has 0 aliphatic carbocycles. The number of aromatic nitrogens is 2. The maximum absolute atomic E-state index is 13.6. The number of benzene rings is 1. The van der Waals surface area contributed by atoms with Crippen LogP contribution in [0, 0.1) is 5.82 Å². The summed E-state index contributed by atoms with van der Waals surface area (Å²) >= 11 is 0. The van der Waals surface area contributed by atoms with E-state index in [0.717, 1.165) is 13.0 Å². The number of nitrogens with zero attached hydrogens (tertiary/aromatic N) is 2. The first kappa shape index (κ1) is 10.4. The highest BCUT2D eigenvalue weighted by Gasteiger charge is 2.22. The number of nitrogens with two attached hydrogens (primary N) is 1. The van der Waals surface area contributed by atoms with Crippen LogP contribution in [-0.2, 0) is 4.74 Å². The molecule has 1 atom stereocenters. The molecule has 2 N–H and O–H groups in total. The van der Waals surface area contributed by atoms with E-state index in [1.54, 1.807) is 12.1 Å². The number of hydrogen-bond acceptors (Lipinski definition) is 4. The van der Waals surface area contributed by atoms with Crippen molar-refractivity contribution in [2.75, 3.05) is 18.9 Å². The molecule has 3 rings (SSSR count). The van der Waals surface area contributed by atoms with Crippen LogP contribution in [0.5, 0.6) is 0 Å². The Morgan fingerprint density at radius 1 is 1.35 bits per heavy atom. The van der Waals surface area contributed by atoms with E-state index >= 15 is 0 Å². The molecule has 2 heterocycles. The van der Waals surface area contributed by atoms with Gasteiger partial charge in [0.05, 0.1) is 17.5 Å². The van der Waals surface area contributed by atoms with Crippen molar-refractivity contribution in [2.45, 2.75) is 12.3 Å². The van der Waals surface area contributed by atoms with Gasteiger partial charge in [0.1, 0.15) is 17.5 Å². The van der Waals surface area contributed by atoms with E-state index in [-0.39, 0.29) is 17.6 Å². The SMILES string of the molecule is Nc1nc(C2CCOC2)nc2cccc(F)c12. The highest BCUT2D eigenvalue weighted by molar-refractivity contribution is 5.88. The Morgan fingerprint density at radius 2 is 2.24 bits per heavy atom. The monoisotopic (exact) mass is 233 g/mol. The first-order valence-corrected chi connectivity index (χ1v) is 5.55. The number of nitrogen functional groups attached to an aromatic ring is 1. The maximum atomic E-state index is 13.6. The standard InChI is InChI=1S/C12H12FN3O/c13-8-2-1-3-9-10(8)11(14)16-12(15-9)7-4-5-17-6-7/h1-3,7H,4-6H2,(H2,14,15,16). The lowest BCUT2D eigenvalue weighted by Gasteiger charge is -2.09. The van der Waals surface area contributed by atoms with Gasteiger partial charge >= 0.3 is 0 Å². The summed E-state index contributed by atoms with van der Waals surface area (Å²) in [5.41, 5.74) is 6.35. The molecule has 4 nitrogen and oxygen atoms in total. The lowest BCUT2D eigenvalue weighted by Crippen LogP contribution is -2.07. The Hall–Kier alpha value is -1.75. The molecule has 17 heavy (non-hydrogen) atoms. The summed E-state index contributed by atoms with van der Waals surface area (Å²) in [6.45, 7) is 1.33. The second kappa shape index (κ2) is 3.92. The van der Waals surface area contributed by atoms with Crippen molar-refractivity contribution in [3.63, 3.8) is 0 Å². The van der Waals surface area contributed by atoms with Crippen molar-refractivity contribution >= 4 is 16.7 Å². The van der Waals surface area contributed by atoms with E-state index in [1.165, 1.54) is 6.07 Å². The molecule has 1 aromatic heterocycles. The molecule has 1 aliphatic heterocycles. The van der Waals surface area contributed by atoms with E-state index in [9.17, 15) is 4.39 Å². The molecule has 0 amide bonds. The molecule has 0 spiro atoms. The Bertz CT molecular complexity index is 567. The first-order chi connectivity index (χ1) is 8.25. The van der Waals surface area contributed by atoms with Crippen molar-refractivity contribution in [3.05, 3.63) is 29.8 Å². The molecule has 0 saturated carbocycles. The number of rotatable bonds is 1. The zero-order chi connectivity index (χ0) is 11.8. The van der Waals surface area contributed by atoms with E-state index in [1.807, 2.05) is 0 Å². The average Bonchev–Trinajstić information content (AvgIpc) is 2.81. The Kier molecular flexibility index (Phi) is 2.40. The summed E-state index contributed by atoms with van der Waals surface area (Å²) in [7, 11) is 0. The summed E-state index contributed by atoms with van der Waals surface area (Å²) in [6.07, 6.45) is 0.889. The van der Waals surface area contributed by atoms with E-state index in [0.29, 0.717) is 23.3 Å². The molecule has 0 bridgehead atoms. The van der Waals surface area contributed by atoms with Crippen LogP contribution in [0.2, 0.25) is 0 Å². The van der Waals surface area contributed by atoms with E-state index < -0.39 is 0 Å². The smallest absolute Gasteiger partial charge is 0.138 e. The van der Waals surface area contributed by atoms with Crippen molar-refractivity contribution in [1.29, 1.82) is 0 Å². The molecule has 88 valence electrons. The largest absolute Gasteiger partial charge is 0.383 e. The van der Waals surface area contributed by atoms with Gasteiger partial charge in [-0.2, -0.15) is 0 Å². The third-order valence-electron chi connectivity index (χ3n) is 3.01. The lowest BCUT2D eigenvalue weighted by molar-refractivity contribution is 0.193. The van der Waals surface area contributed by atoms with Gasteiger partial charge in [-0.25, -0.2) is 14.4 Å². The van der Waals surface area contributed by atoms with Gasteiger partial charge in [0.2, 0.25) is 0 Å². The second-order valence-electron chi connectivity index (χ2n) is 4.16. The number of fused-ring (bicyclic) bond motifs is 1. The van der Waals surface area contributed by atoms with Gasteiger partial charge in [0.15, 0.2) is 0 Å². The van der Waals surface area contributed by atoms with Crippen molar-refractivity contribution in [3.8, 4) is 0 Å². The molecule has 0 radical (unpaired) electrons. The van der Waals surface area contributed by atoms with Gasteiger partial charge in [-0.05, 0) is 18.6 Å². The highest BCUT2D eigenvalue weighted by Crippen LogP contribution is 2.27. The fourth-order valence-electron chi connectivity index (χ4n) is 2.11. The van der Waals surface area contributed by atoms with Crippen LogP contribution in [0.15, 0.2) is 18.2 Å². The third kappa shape index (κ3) is 1.72. The van der Waals surface area contributed by atoms with Crippen LogP contribution in [-0.4, -0.2) is 23.2 Å². The first-order valence-electron chi connectivity index (χ1n) is 5.55. The number of anilines is 1. The van der Waals surface area contributed by atoms with Crippen LogP contribution < -0.4 is 5.73 Å². The van der Waals surface area contributed by atoms with Gasteiger partial charge in [0, 0.05) is 12.5 Å². The summed E-state index contributed by atoms with van der Waals surface area (Å²) in [4.78, 5) is 8.56. The van der Waals surface area contributed by atoms with Crippen LogP contribution in [0.25, 0.3) is 10.9 Å². The third-order valence-corrected chi connectivity index (χ3v) is 3.01. The summed E-state index contributed by atoms with van der Waals surface area (Å²) in [5, 5.41) is 0.301. The Balaban J connectivity index is 2.17. The average molecular weight is 233 g/mol. The predicted octanol–water partition coefficient (Wildman–Crippen LogP) is 1.85. The zero-order valence-electron chi connectivity index (χ0n) is 9.19. The molecule has 2 aromatic rings. The highest BCUT2D eigenvalue weighted by atomic mass is 19.1. The van der Waals surface area contributed by atoms with Gasteiger partial charge in [-0.1, -0.05) is 6.07 Å². The van der Waals surface area contributed by atoms with Gasteiger partial charge in [-0.3, -0.25) is 0 Å². The fraction of sp³-hybridized carbons (Fsp3) is 0.333. The normalized spacial score (nSPS) is 19.9. The Morgan fingerprint density at radius 3 is 3.00 bits per heavy atom. The molecule has 1 aliphatic rings. The Labute approximate surface area is 97.6 Å². The number of halogens is 1. The summed E-state index contributed by atoms with van der Waals surface area (Å²) in [6, 6.07) is 4.73. The molecule has 1 unspecified atom stereocenters. The molecular weight excluding hydrogens is 221 g/mol. The van der Waals surface area contributed by atoms with Crippen LogP contribution in [0.3, 0.4) is 0 Å². The van der Waals surface area contributed by atoms with Gasteiger partial charge in [0.25, 0.3) is 0 Å². The summed E-state index contributed by atoms with van der Waals surface area (Å²) in [5.74, 6) is 0.646. The van der Waals surface area contributed by atoms with Crippen molar-refractivity contribution < 1.29 is 9.13 Å². The lowest BCUT2D eigenvalue weighted by atomic mass is 10.1. The zero-order valence-corrected chi connectivity index (χ0v) is 9.19. The quantitative estimate of drug-likeness (QED) is 0.816. The van der Waals surface area contributed by atoms with Crippen LogP contribution in [0.1, 0.15) is 18.2 Å². The van der Waals surface area contributed by atoms with Crippen LogP contribution in [0.4, 0.5) is 10.2 Å². The fourth-order valence-corrected chi connectivity index (χ4v) is 2.11. The molecule has 1 fully saturated rings. The molecule has 1 aromatic carbocycles. The number of hydrogen-bond donors (Lipinski definition) is 1. The molecular formula is C12H12FN3O. The topological polar surface area (TPSA) is 61.0 Å². The molecule has 1 saturated heterocycles. The van der Waals surface area contributed by atoms with E-state index in [4.69, 9.17) is 10.5 Å².